The highest BCUT2D eigenvalue weighted by molar-refractivity contribution is 7.99. The maximum Gasteiger partial charge on any atom is 0.223 e. The zero-order valence-corrected chi connectivity index (χ0v) is 18.3. The van der Waals surface area contributed by atoms with Crippen molar-refractivity contribution in [3.05, 3.63) is 54.9 Å². The van der Waals surface area contributed by atoms with Crippen molar-refractivity contribution < 1.29 is 9.53 Å². The Morgan fingerprint density at radius 1 is 0.967 bits per heavy atom. The van der Waals surface area contributed by atoms with Crippen LogP contribution in [0.2, 0.25) is 0 Å². The van der Waals surface area contributed by atoms with Gasteiger partial charge in [0.15, 0.2) is 0 Å². The molecule has 1 amide bonds. The van der Waals surface area contributed by atoms with E-state index in [1.165, 1.54) is 4.90 Å². The third-order valence-electron chi connectivity index (χ3n) is 6.09. The van der Waals surface area contributed by atoms with Crippen LogP contribution < -0.4 is 4.74 Å². The first kappa shape index (κ1) is 21.2. The normalized spacial score (nSPS) is 19.0. The molecule has 0 spiro atoms. The van der Waals surface area contributed by atoms with Crippen LogP contribution in [0.3, 0.4) is 0 Å². The van der Waals surface area contributed by atoms with Gasteiger partial charge in [-0.3, -0.25) is 14.7 Å². The lowest BCUT2D eigenvalue weighted by molar-refractivity contribution is -0.132. The number of rotatable bonds is 7. The summed E-state index contributed by atoms with van der Waals surface area (Å²) < 4.78 is 6.09. The van der Waals surface area contributed by atoms with Gasteiger partial charge in [0.2, 0.25) is 5.91 Å². The fourth-order valence-electron chi connectivity index (χ4n) is 4.38. The van der Waals surface area contributed by atoms with Gasteiger partial charge in [0, 0.05) is 61.7 Å². The highest BCUT2D eigenvalue weighted by Gasteiger charge is 2.30. The predicted molar refractivity (Wildman–Crippen MR) is 121 cm³/mol. The number of likely N-dealkylation sites (tertiary alicyclic amines) is 2. The average molecular weight is 426 g/mol. The van der Waals surface area contributed by atoms with Crippen LogP contribution in [0.5, 0.6) is 5.75 Å². The smallest absolute Gasteiger partial charge is 0.223 e. The average Bonchev–Trinajstić information content (AvgIpc) is 2.81. The summed E-state index contributed by atoms with van der Waals surface area (Å²) in [6.07, 6.45) is 8.80. The number of carbonyl (C=O) groups is 1. The summed E-state index contributed by atoms with van der Waals surface area (Å²) >= 11 is 1.77. The summed E-state index contributed by atoms with van der Waals surface area (Å²) in [7, 11) is 0. The van der Waals surface area contributed by atoms with E-state index >= 15 is 0 Å². The molecule has 4 rings (SSSR count). The van der Waals surface area contributed by atoms with Crippen LogP contribution in [0.4, 0.5) is 0 Å². The minimum atomic E-state index is 0.299. The SMILES string of the molecule is O=C(CCSc1ccccc1)N1CCC(N2CCC(Oc3ccncc3)CC2)CC1. The minimum Gasteiger partial charge on any atom is -0.490 e. The molecule has 2 aromatic rings. The van der Waals surface area contributed by atoms with Crippen molar-refractivity contribution >= 4 is 17.7 Å². The molecule has 0 saturated carbocycles. The molecule has 1 aromatic carbocycles. The second kappa shape index (κ2) is 10.8. The number of hydrogen-bond donors (Lipinski definition) is 0. The van der Waals surface area contributed by atoms with Crippen molar-refractivity contribution in [2.24, 2.45) is 0 Å². The molecule has 2 fully saturated rings. The third-order valence-corrected chi connectivity index (χ3v) is 7.10. The van der Waals surface area contributed by atoms with Gasteiger partial charge in [-0.2, -0.15) is 0 Å². The Kier molecular flexibility index (Phi) is 7.65. The number of amides is 1. The first-order chi connectivity index (χ1) is 14.8. The predicted octanol–water partition coefficient (Wildman–Crippen LogP) is 4.10. The largest absolute Gasteiger partial charge is 0.490 e. The fourth-order valence-corrected chi connectivity index (χ4v) is 5.24. The molecule has 0 N–H and O–H groups in total. The minimum absolute atomic E-state index is 0.299. The van der Waals surface area contributed by atoms with Gasteiger partial charge >= 0.3 is 0 Å². The third kappa shape index (κ3) is 5.99. The summed E-state index contributed by atoms with van der Waals surface area (Å²) in [4.78, 5) is 22.5. The van der Waals surface area contributed by atoms with E-state index in [1.807, 2.05) is 30.3 Å². The maximum atomic E-state index is 12.6. The molecule has 2 aliphatic heterocycles. The van der Waals surface area contributed by atoms with Gasteiger partial charge in [-0.1, -0.05) is 18.2 Å². The van der Waals surface area contributed by atoms with Crippen LogP contribution in [-0.2, 0) is 4.79 Å². The Labute approximate surface area is 183 Å². The van der Waals surface area contributed by atoms with Crippen molar-refractivity contribution in [3.63, 3.8) is 0 Å². The molecule has 30 heavy (non-hydrogen) atoms. The molecular weight excluding hydrogens is 394 g/mol. The number of nitrogens with zero attached hydrogens (tertiary/aromatic N) is 3. The number of thioether (sulfide) groups is 1. The van der Waals surface area contributed by atoms with E-state index in [0.29, 0.717) is 24.5 Å². The van der Waals surface area contributed by atoms with E-state index in [2.05, 4.69) is 26.9 Å². The number of carbonyl (C=O) groups excluding carboxylic acids is 1. The topological polar surface area (TPSA) is 45.7 Å². The molecule has 3 heterocycles. The number of aromatic nitrogens is 1. The molecule has 0 bridgehead atoms. The summed E-state index contributed by atoms with van der Waals surface area (Å²) in [6.45, 7) is 3.96. The first-order valence-corrected chi connectivity index (χ1v) is 12.0. The second-order valence-corrected chi connectivity index (χ2v) is 9.23. The van der Waals surface area contributed by atoms with Crippen LogP contribution in [-0.4, -0.2) is 64.8 Å². The van der Waals surface area contributed by atoms with Gasteiger partial charge in [-0.05, 0) is 49.9 Å². The summed E-state index contributed by atoms with van der Waals surface area (Å²) in [6, 6.07) is 14.8. The van der Waals surface area contributed by atoms with Crippen molar-refractivity contribution in [2.75, 3.05) is 31.9 Å². The van der Waals surface area contributed by atoms with Gasteiger partial charge in [-0.15, -0.1) is 11.8 Å². The van der Waals surface area contributed by atoms with Crippen molar-refractivity contribution in [3.8, 4) is 5.75 Å². The molecule has 0 aliphatic carbocycles. The number of pyridine rings is 1. The number of hydrogen-bond acceptors (Lipinski definition) is 5. The van der Waals surface area contributed by atoms with Crippen LogP contribution in [0.1, 0.15) is 32.1 Å². The van der Waals surface area contributed by atoms with E-state index in [4.69, 9.17) is 4.74 Å². The Morgan fingerprint density at radius 3 is 2.37 bits per heavy atom. The summed E-state index contributed by atoms with van der Waals surface area (Å²) in [5, 5.41) is 0. The summed E-state index contributed by atoms with van der Waals surface area (Å²) in [5.41, 5.74) is 0. The standard InChI is InChI=1S/C24H31N3O2S/c28-24(12-19-30-23-4-2-1-3-5-23)27-15-8-20(9-16-27)26-17-10-22(11-18-26)29-21-6-13-25-14-7-21/h1-7,13-14,20,22H,8-12,15-19H2. The Morgan fingerprint density at radius 2 is 1.67 bits per heavy atom. The van der Waals surface area contributed by atoms with E-state index in [0.717, 1.165) is 63.4 Å². The number of piperidine rings is 2. The van der Waals surface area contributed by atoms with Gasteiger partial charge in [0.25, 0.3) is 0 Å². The zero-order chi connectivity index (χ0) is 20.6. The highest BCUT2D eigenvalue weighted by Crippen LogP contribution is 2.24. The quantitative estimate of drug-likeness (QED) is 0.625. The van der Waals surface area contributed by atoms with Gasteiger partial charge < -0.3 is 9.64 Å². The molecular formula is C24H31N3O2S. The van der Waals surface area contributed by atoms with Gasteiger partial charge in [0.05, 0.1) is 0 Å². The molecule has 2 saturated heterocycles. The summed E-state index contributed by atoms with van der Waals surface area (Å²) in [5.74, 6) is 2.08. The first-order valence-electron chi connectivity index (χ1n) is 11.0. The molecule has 5 nitrogen and oxygen atoms in total. The van der Waals surface area contributed by atoms with Crippen LogP contribution in [0, 0.1) is 0 Å². The molecule has 0 radical (unpaired) electrons. The monoisotopic (exact) mass is 425 g/mol. The van der Waals surface area contributed by atoms with E-state index in [9.17, 15) is 4.79 Å². The van der Waals surface area contributed by atoms with E-state index in [1.54, 1.807) is 24.2 Å². The number of ether oxygens (including phenoxy) is 1. The molecule has 0 atom stereocenters. The fraction of sp³-hybridized carbons (Fsp3) is 0.500. The maximum absolute atomic E-state index is 12.6. The lowest BCUT2D eigenvalue weighted by atomic mass is 9.98. The molecule has 1 aromatic heterocycles. The molecule has 6 heteroatoms. The Balaban J connectivity index is 1.14. The van der Waals surface area contributed by atoms with Gasteiger partial charge in [-0.25, -0.2) is 0 Å². The Hall–Kier alpha value is -2.05. The Bertz CT molecular complexity index is 774. The van der Waals surface area contributed by atoms with Crippen LogP contribution in [0.15, 0.2) is 59.8 Å². The number of benzene rings is 1. The highest BCUT2D eigenvalue weighted by atomic mass is 32.2. The van der Waals surface area contributed by atoms with Crippen LogP contribution >= 0.6 is 11.8 Å². The van der Waals surface area contributed by atoms with Crippen molar-refractivity contribution in [2.45, 2.75) is 49.1 Å². The van der Waals surface area contributed by atoms with Crippen molar-refractivity contribution in [1.29, 1.82) is 0 Å². The van der Waals surface area contributed by atoms with Crippen molar-refractivity contribution in [1.82, 2.24) is 14.8 Å². The zero-order valence-electron chi connectivity index (χ0n) is 17.5. The molecule has 0 unspecified atom stereocenters. The molecule has 2 aliphatic rings. The van der Waals surface area contributed by atoms with E-state index in [-0.39, 0.29) is 0 Å². The molecule has 160 valence electrons. The van der Waals surface area contributed by atoms with Crippen LogP contribution in [0.25, 0.3) is 0 Å². The van der Waals surface area contributed by atoms with E-state index < -0.39 is 0 Å². The van der Waals surface area contributed by atoms with Gasteiger partial charge in [0.1, 0.15) is 11.9 Å². The lowest BCUT2D eigenvalue weighted by Crippen LogP contribution is -2.50. The second-order valence-electron chi connectivity index (χ2n) is 8.06. The lowest BCUT2D eigenvalue weighted by Gasteiger charge is -2.41.